The number of alkyl carbamates (subject to hydrolysis) is 1. The van der Waals surface area contributed by atoms with E-state index in [1.54, 1.807) is 0 Å². The van der Waals surface area contributed by atoms with Crippen LogP contribution in [0.15, 0.2) is 12.7 Å². The fourth-order valence-electron chi connectivity index (χ4n) is 1.52. The van der Waals surface area contributed by atoms with Gasteiger partial charge in [0.25, 0.3) is 0 Å². The lowest BCUT2D eigenvalue weighted by Crippen LogP contribution is -2.30. The van der Waals surface area contributed by atoms with Crippen molar-refractivity contribution in [3.63, 3.8) is 0 Å². The molecule has 5 nitrogen and oxygen atoms in total. The van der Waals surface area contributed by atoms with Gasteiger partial charge in [0.2, 0.25) is 0 Å². The fraction of sp³-hybridized carbons (Fsp3) is 0.636. The number of hydrogen-bond donors (Lipinski definition) is 2. The highest BCUT2D eigenvalue weighted by atomic mass is 16.6. The third kappa shape index (κ3) is 4.82. The van der Waals surface area contributed by atoms with Crippen LogP contribution in [0.4, 0.5) is 4.79 Å². The summed E-state index contributed by atoms with van der Waals surface area (Å²) in [5, 5.41) is 10.5. The van der Waals surface area contributed by atoms with Gasteiger partial charge >= 0.3 is 12.1 Å². The first-order chi connectivity index (χ1) is 7.63. The average Bonchev–Trinajstić information content (AvgIpc) is 2.94. The molecule has 0 spiro atoms. The van der Waals surface area contributed by atoms with Crippen molar-refractivity contribution in [2.75, 3.05) is 6.54 Å². The number of aliphatic carboxylic acids is 1. The summed E-state index contributed by atoms with van der Waals surface area (Å²) in [6, 6.07) is 0. The molecule has 0 unspecified atom stereocenters. The SMILES string of the molecule is C=CCCC[C@@H]1C[C@H]1OC(=O)NCC(=O)O. The molecule has 1 amide bonds. The lowest BCUT2D eigenvalue weighted by molar-refractivity contribution is -0.135. The van der Waals surface area contributed by atoms with Gasteiger partial charge in [0.1, 0.15) is 12.6 Å². The molecule has 1 fully saturated rings. The Bertz CT molecular complexity index is 277. The van der Waals surface area contributed by atoms with Crippen molar-refractivity contribution in [3.8, 4) is 0 Å². The number of unbranched alkanes of at least 4 members (excludes halogenated alkanes) is 1. The summed E-state index contributed by atoms with van der Waals surface area (Å²) in [6.45, 7) is 3.24. The number of ether oxygens (including phenoxy) is 1. The molecule has 0 radical (unpaired) electrons. The first-order valence-electron chi connectivity index (χ1n) is 5.40. The Morgan fingerprint density at radius 1 is 1.56 bits per heavy atom. The van der Waals surface area contributed by atoms with E-state index in [1.165, 1.54) is 0 Å². The van der Waals surface area contributed by atoms with Crippen LogP contribution >= 0.6 is 0 Å². The average molecular weight is 227 g/mol. The van der Waals surface area contributed by atoms with E-state index in [4.69, 9.17) is 9.84 Å². The predicted octanol–water partition coefficient (Wildman–Crippen LogP) is 1.54. The van der Waals surface area contributed by atoms with E-state index in [0.717, 1.165) is 25.7 Å². The molecule has 0 aliphatic heterocycles. The summed E-state index contributed by atoms with van der Waals surface area (Å²) >= 11 is 0. The molecule has 1 aliphatic rings. The molecule has 1 aliphatic carbocycles. The largest absolute Gasteiger partial charge is 0.480 e. The highest BCUT2D eigenvalue weighted by molar-refractivity contribution is 5.76. The van der Waals surface area contributed by atoms with Crippen LogP contribution in [0.5, 0.6) is 0 Å². The predicted molar refractivity (Wildman–Crippen MR) is 58.1 cm³/mol. The minimum atomic E-state index is -1.07. The lowest BCUT2D eigenvalue weighted by atomic mass is 10.2. The maximum absolute atomic E-state index is 11.1. The van der Waals surface area contributed by atoms with Crippen molar-refractivity contribution < 1.29 is 19.4 Å². The molecule has 16 heavy (non-hydrogen) atoms. The van der Waals surface area contributed by atoms with Crippen molar-refractivity contribution in [3.05, 3.63) is 12.7 Å². The molecule has 0 heterocycles. The highest BCUT2D eigenvalue weighted by Crippen LogP contribution is 2.37. The van der Waals surface area contributed by atoms with Crippen LogP contribution in [0, 0.1) is 5.92 Å². The van der Waals surface area contributed by atoms with E-state index in [9.17, 15) is 9.59 Å². The summed E-state index contributed by atoms with van der Waals surface area (Å²) in [7, 11) is 0. The summed E-state index contributed by atoms with van der Waals surface area (Å²) in [5.41, 5.74) is 0. The quantitative estimate of drug-likeness (QED) is 0.511. The van der Waals surface area contributed by atoms with Crippen LogP contribution < -0.4 is 5.32 Å². The number of allylic oxidation sites excluding steroid dienone is 1. The number of hydrogen-bond acceptors (Lipinski definition) is 3. The summed E-state index contributed by atoms with van der Waals surface area (Å²) in [5.74, 6) is -0.634. The normalized spacial score (nSPS) is 22.2. The molecule has 5 heteroatoms. The van der Waals surface area contributed by atoms with Gasteiger partial charge in [0.05, 0.1) is 0 Å². The molecule has 0 aromatic heterocycles. The standard InChI is InChI=1S/C11H17NO4/c1-2-3-4-5-8-6-9(8)16-11(15)12-7-10(13)14/h2,8-9H,1,3-7H2,(H,12,15)(H,13,14)/t8-,9-/m1/s1. The molecule has 0 aromatic carbocycles. The second-order valence-electron chi connectivity index (χ2n) is 3.91. The minimum absolute atomic E-state index is 0.0291. The van der Waals surface area contributed by atoms with Crippen molar-refractivity contribution >= 4 is 12.1 Å². The molecule has 2 N–H and O–H groups in total. The van der Waals surface area contributed by atoms with Crippen LogP contribution in [0.1, 0.15) is 25.7 Å². The zero-order valence-electron chi connectivity index (χ0n) is 9.15. The lowest BCUT2D eigenvalue weighted by Gasteiger charge is -2.04. The van der Waals surface area contributed by atoms with E-state index in [-0.39, 0.29) is 6.10 Å². The van der Waals surface area contributed by atoms with Gasteiger partial charge in [-0.25, -0.2) is 4.79 Å². The molecule has 0 aromatic rings. The second-order valence-corrected chi connectivity index (χ2v) is 3.91. The summed E-state index contributed by atoms with van der Waals surface area (Å²) in [4.78, 5) is 21.2. The van der Waals surface area contributed by atoms with Gasteiger partial charge in [-0.2, -0.15) is 0 Å². The Morgan fingerprint density at radius 3 is 2.94 bits per heavy atom. The smallest absolute Gasteiger partial charge is 0.407 e. The Balaban J connectivity index is 2.04. The van der Waals surface area contributed by atoms with Crippen LogP contribution in [0.2, 0.25) is 0 Å². The monoisotopic (exact) mass is 227 g/mol. The van der Waals surface area contributed by atoms with Crippen molar-refractivity contribution in [1.82, 2.24) is 5.32 Å². The van der Waals surface area contributed by atoms with Crippen LogP contribution in [0.3, 0.4) is 0 Å². The van der Waals surface area contributed by atoms with Gasteiger partial charge in [-0.1, -0.05) is 6.08 Å². The Hall–Kier alpha value is -1.52. The Kier molecular flexibility index (Phi) is 4.82. The third-order valence-electron chi connectivity index (χ3n) is 2.48. The van der Waals surface area contributed by atoms with Gasteiger partial charge in [-0.05, 0) is 31.6 Å². The maximum atomic E-state index is 11.1. The van der Waals surface area contributed by atoms with Gasteiger partial charge in [-0.15, -0.1) is 6.58 Å². The number of nitrogens with one attached hydrogen (secondary N) is 1. The molecule has 1 saturated carbocycles. The van der Waals surface area contributed by atoms with Crippen molar-refractivity contribution in [1.29, 1.82) is 0 Å². The van der Waals surface area contributed by atoms with E-state index >= 15 is 0 Å². The molecular weight excluding hydrogens is 210 g/mol. The second kappa shape index (κ2) is 6.15. The van der Waals surface area contributed by atoms with E-state index in [1.807, 2.05) is 6.08 Å². The molecule has 90 valence electrons. The Morgan fingerprint density at radius 2 is 2.31 bits per heavy atom. The van der Waals surface area contributed by atoms with Gasteiger partial charge in [0, 0.05) is 0 Å². The Labute approximate surface area is 94.5 Å². The number of amides is 1. The van der Waals surface area contributed by atoms with Crippen molar-refractivity contribution in [2.45, 2.75) is 31.8 Å². The topological polar surface area (TPSA) is 75.6 Å². The van der Waals surface area contributed by atoms with Crippen molar-refractivity contribution in [2.24, 2.45) is 5.92 Å². The maximum Gasteiger partial charge on any atom is 0.407 e. The molecular formula is C11H17NO4. The zero-order chi connectivity index (χ0) is 12.0. The summed E-state index contributed by atoms with van der Waals surface area (Å²) < 4.78 is 5.02. The first kappa shape index (κ1) is 12.5. The van der Waals surface area contributed by atoms with Crippen LogP contribution in [-0.4, -0.2) is 29.8 Å². The minimum Gasteiger partial charge on any atom is -0.480 e. The number of carbonyl (C=O) groups excluding carboxylic acids is 1. The molecule has 0 saturated heterocycles. The van der Waals surface area contributed by atoms with Crippen LogP contribution in [0.25, 0.3) is 0 Å². The number of rotatable bonds is 7. The van der Waals surface area contributed by atoms with E-state index < -0.39 is 18.6 Å². The number of carbonyl (C=O) groups is 2. The molecule has 0 bridgehead atoms. The number of carboxylic acids is 1. The molecule has 2 atom stereocenters. The first-order valence-corrected chi connectivity index (χ1v) is 5.40. The van der Waals surface area contributed by atoms with Crippen LogP contribution in [-0.2, 0) is 9.53 Å². The number of carboxylic acid groups (broad SMARTS) is 1. The molecule has 1 rings (SSSR count). The van der Waals surface area contributed by atoms with Gasteiger partial charge < -0.3 is 15.2 Å². The zero-order valence-corrected chi connectivity index (χ0v) is 9.15. The summed E-state index contributed by atoms with van der Waals surface area (Å²) in [6.07, 6.45) is 5.16. The van der Waals surface area contributed by atoms with Gasteiger partial charge in [0.15, 0.2) is 0 Å². The van der Waals surface area contributed by atoms with E-state index in [0.29, 0.717) is 5.92 Å². The van der Waals surface area contributed by atoms with Gasteiger partial charge in [-0.3, -0.25) is 4.79 Å². The van der Waals surface area contributed by atoms with E-state index in [2.05, 4.69) is 11.9 Å². The highest BCUT2D eigenvalue weighted by Gasteiger charge is 2.39. The fourth-order valence-corrected chi connectivity index (χ4v) is 1.52. The third-order valence-corrected chi connectivity index (χ3v) is 2.48.